The summed E-state index contributed by atoms with van der Waals surface area (Å²) in [6.07, 6.45) is 0. The van der Waals surface area contributed by atoms with E-state index in [1.165, 1.54) is 10.5 Å². The van der Waals surface area contributed by atoms with E-state index in [2.05, 4.69) is 24.5 Å². The third-order valence-electron chi connectivity index (χ3n) is 2.81. The number of hydrazine groups is 1. The Kier molecular flexibility index (Phi) is 4.29. The molecule has 0 radical (unpaired) electrons. The standard InChI is InChI=1S/C14H16N2O2S/c1-9-5-3-4-6-13(9)19-8-11-7-12(10(2)18-11)14(17)16-15/h3-7H,8,15H2,1-2H3,(H,16,17). The van der Waals surface area contributed by atoms with Crippen molar-refractivity contribution in [1.29, 1.82) is 0 Å². The van der Waals surface area contributed by atoms with Crippen LogP contribution in [0.2, 0.25) is 0 Å². The van der Waals surface area contributed by atoms with Gasteiger partial charge in [-0.2, -0.15) is 0 Å². The zero-order valence-electron chi connectivity index (χ0n) is 10.9. The van der Waals surface area contributed by atoms with Crippen molar-refractivity contribution in [3.8, 4) is 0 Å². The second-order valence-corrected chi connectivity index (χ2v) is 5.23. The SMILES string of the molecule is Cc1ccccc1SCc1cc(C(=O)NN)c(C)o1. The van der Waals surface area contributed by atoms with Crippen molar-refractivity contribution in [2.45, 2.75) is 24.5 Å². The molecule has 3 N–H and O–H groups in total. The van der Waals surface area contributed by atoms with Crippen LogP contribution in [0.3, 0.4) is 0 Å². The largest absolute Gasteiger partial charge is 0.465 e. The van der Waals surface area contributed by atoms with Crippen LogP contribution in [0.25, 0.3) is 0 Å². The summed E-state index contributed by atoms with van der Waals surface area (Å²) in [5, 5.41) is 0. The van der Waals surface area contributed by atoms with Crippen molar-refractivity contribution in [2.24, 2.45) is 5.84 Å². The highest BCUT2D eigenvalue weighted by Gasteiger charge is 2.14. The lowest BCUT2D eigenvalue weighted by Gasteiger charge is -2.02. The van der Waals surface area contributed by atoms with Gasteiger partial charge in [-0.1, -0.05) is 18.2 Å². The van der Waals surface area contributed by atoms with Gasteiger partial charge in [-0.15, -0.1) is 11.8 Å². The van der Waals surface area contributed by atoms with Crippen LogP contribution in [-0.2, 0) is 5.75 Å². The molecule has 4 nitrogen and oxygen atoms in total. The van der Waals surface area contributed by atoms with Crippen molar-refractivity contribution in [3.05, 3.63) is 53.0 Å². The Morgan fingerprint density at radius 3 is 2.79 bits per heavy atom. The molecular formula is C14H16N2O2S. The van der Waals surface area contributed by atoms with E-state index >= 15 is 0 Å². The summed E-state index contributed by atoms with van der Waals surface area (Å²) in [5.41, 5.74) is 3.83. The number of rotatable bonds is 4. The molecule has 0 aliphatic heterocycles. The highest BCUT2D eigenvalue weighted by Crippen LogP contribution is 2.27. The van der Waals surface area contributed by atoms with Gasteiger partial charge in [-0.3, -0.25) is 10.2 Å². The number of aryl methyl sites for hydroxylation is 2. The number of benzene rings is 1. The first-order valence-electron chi connectivity index (χ1n) is 5.90. The van der Waals surface area contributed by atoms with Crippen LogP contribution in [0.5, 0.6) is 0 Å². The number of carbonyl (C=O) groups is 1. The fourth-order valence-electron chi connectivity index (χ4n) is 1.79. The molecule has 0 fully saturated rings. The van der Waals surface area contributed by atoms with Gasteiger partial charge in [0.15, 0.2) is 0 Å². The van der Waals surface area contributed by atoms with Crippen molar-refractivity contribution in [3.63, 3.8) is 0 Å². The maximum atomic E-state index is 11.5. The summed E-state index contributed by atoms with van der Waals surface area (Å²) in [6.45, 7) is 3.83. The van der Waals surface area contributed by atoms with E-state index in [-0.39, 0.29) is 5.91 Å². The van der Waals surface area contributed by atoms with Gasteiger partial charge in [0.1, 0.15) is 11.5 Å². The predicted octanol–water partition coefficient (Wildman–Crippen LogP) is 2.79. The summed E-state index contributed by atoms with van der Waals surface area (Å²) < 4.78 is 5.56. The molecule has 1 aromatic carbocycles. The molecule has 1 amide bonds. The van der Waals surface area contributed by atoms with Crippen molar-refractivity contribution >= 4 is 17.7 Å². The van der Waals surface area contributed by atoms with Crippen molar-refractivity contribution in [2.75, 3.05) is 0 Å². The van der Waals surface area contributed by atoms with E-state index in [0.29, 0.717) is 17.1 Å². The Balaban J connectivity index is 2.09. The highest BCUT2D eigenvalue weighted by atomic mass is 32.2. The number of carbonyl (C=O) groups excluding carboxylic acids is 1. The molecule has 0 spiro atoms. The lowest BCUT2D eigenvalue weighted by atomic mass is 10.2. The number of nitrogens with one attached hydrogen (secondary N) is 1. The predicted molar refractivity (Wildman–Crippen MR) is 75.8 cm³/mol. The van der Waals surface area contributed by atoms with Gasteiger partial charge < -0.3 is 4.42 Å². The average molecular weight is 276 g/mol. The number of nitrogen functional groups attached to an aromatic ring is 1. The van der Waals surface area contributed by atoms with Crippen LogP contribution in [0.1, 0.15) is 27.4 Å². The second kappa shape index (κ2) is 5.95. The van der Waals surface area contributed by atoms with Gasteiger partial charge in [-0.25, -0.2) is 5.84 Å². The Bertz CT molecular complexity index is 593. The molecule has 0 saturated heterocycles. The van der Waals surface area contributed by atoms with E-state index in [0.717, 1.165) is 5.76 Å². The molecule has 0 aliphatic carbocycles. The van der Waals surface area contributed by atoms with Crippen LogP contribution in [0, 0.1) is 13.8 Å². The molecule has 100 valence electrons. The fraction of sp³-hybridized carbons (Fsp3) is 0.214. The zero-order valence-corrected chi connectivity index (χ0v) is 11.7. The third-order valence-corrected chi connectivity index (χ3v) is 4.01. The minimum Gasteiger partial charge on any atom is -0.465 e. The van der Waals surface area contributed by atoms with E-state index < -0.39 is 0 Å². The maximum Gasteiger partial charge on any atom is 0.268 e. The second-order valence-electron chi connectivity index (χ2n) is 4.21. The van der Waals surface area contributed by atoms with Crippen molar-refractivity contribution in [1.82, 2.24) is 5.43 Å². The average Bonchev–Trinajstić information content (AvgIpc) is 2.78. The highest BCUT2D eigenvalue weighted by molar-refractivity contribution is 7.98. The summed E-state index contributed by atoms with van der Waals surface area (Å²) in [5.74, 6) is 6.83. The van der Waals surface area contributed by atoms with Crippen LogP contribution in [0.4, 0.5) is 0 Å². The van der Waals surface area contributed by atoms with Crippen LogP contribution in [0.15, 0.2) is 39.6 Å². The van der Waals surface area contributed by atoms with E-state index in [1.807, 2.05) is 12.1 Å². The molecule has 0 unspecified atom stereocenters. The number of furan rings is 1. The molecule has 0 bridgehead atoms. The van der Waals surface area contributed by atoms with Gasteiger partial charge in [0.2, 0.25) is 0 Å². The lowest BCUT2D eigenvalue weighted by Crippen LogP contribution is -2.30. The fourth-order valence-corrected chi connectivity index (χ4v) is 2.70. The molecule has 2 aromatic rings. The molecular weight excluding hydrogens is 260 g/mol. The lowest BCUT2D eigenvalue weighted by molar-refractivity contribution is 0.0952. The van der Waals surface area contributed by atoms with E-state index in [9.17, 15) is 4.79 Å². The molecule has 1 aromatic heterocycles. The summed E-state index contributed by atoms with van der Waals surface area (Å²) in [6, 6.07) is 9.91. The zero-order chi connectivity index (χ0) is 13.8. The molecule has 19 heavy (non-hydrogen) atoms. The maximum absolute atomic E-state index is 11.5. The van der Waals surface area contributed by atoms with Gasteiger partial charge >= 0.3 is 0 Å². The molecule has 2 rings (SSSR count). The molecule has 0 atom stereocenters. The molecule has 0 aliphatic rings. The third kappa shape index (κ3) is 3.19. The first-order chi connectivity index (χ1) is 9.11. The Morgan fingerprint density at radius 2 is 2.11 bits per heavy atom. The van der Waals surface area contributed by atoms with Gasteiger partial charge in [-0.05, 0) is 31.5 Å². The number of thioether (sulfide) groups is 1. The minimum absolute atomic E-state index is 0.326. The van der Waals surface area contributed by atoms with Crippen LogP contribution >= 0.6 is 11.8 Å². The van der Waals surface area contributed by atoms with E-state index in [1.54, 1.807) is 24.8 Å². The monoisotopic (exact) mass is 276 g/mol. The number of nitrogens with two attached hydrogens (primary N) is 1. The Hall–Kier alpha value is -1.72. The minimum atomic E-state index is -0.326. The number of hydrogen-bond acceptors (Lipinski definition) is 4. The van der Waals surface area contributed by atoms with Gasteiger partial charge in [0.25, 0.3) is 5.91 Å². The number of hydrogen-bond donors (Lipinski definition) is 2. The normalized spacial score (nSPS) is 10.5. The van der Waals surface area contributed by atoms with Gasteiger partial charge in [0.05, 0.1) is 11.3 Å². The summed E-state index contributed by atoms with van der Waals surface area (Å²) in [4.78, 5) is 12.7. The van der Waals surface area contributed by atoms with Gasteiger partial charge in [0, 0.05) is 4.90 Å². The topological polar surface area (TPSA) is 68.3 Å². The Morgan fingerprint density at radius 1 is 1.37 bits per heavy atom. The van der Waals surface area contributed by atoms with Crippen LogP contribution in [-0.4, -0.2) is 5.91 Å². The molecule has 5 heteroatoms. The van der Waals surface area contributed by atoms with Crippen molar-refractivity contribution < 1.29 is 9.21 Å². The Labute approximate surface area is 116 Å². The number of amides is 1. The first kappa shape index (κ1) is 13.7. The quantitative estimate of drug-likeness (QED) is 0.390. The smallest absolute Gasteiger partial charge is 0.268 e. The first-order valence-corrected chi connectivity index (χ1v) is 6.89. The summed E-state index contributed by atoms with van der Waals surface area (Å²) in [7, 11) is 0. The van der Waals surface area contributed by atoms with E-state index in [4.69, 9.17) is 10.3 Å². The van der Waals surface area contributed by atoms with Crippen LogP contribution < -0.4 is 11.3 Å². The summed E-state index contributed by atoms with van der Waals surface area (Å²) >= 11 is 1.68. The molecule has 0 saturated carbocycles. The molecule has 1 heterocycles.